The molecule has 12 nitrogen and oxygen atoms in total. The molecule has 0 aliphatic carbocycles. The third-order valence-electron chi connectivity index (χ3n) is 6.93. The summed E-state index contributed by atoms with van der Waals surface area (Å²) in [6.07, 6.45) is 2.77. The van der Waals surface area contributed by atoms with E-state index in [0.717, 1.165) is 5.56 Å². The first-order valence-corrected chi connectivity index (χ1v) is 13.4. The summed E-state index contributed by atoms with van der Waals surface area (Å²) in [5.74, 6) is -0.212. The average molecular weight is 608 g/mol. The molecule has 0 fully saturated rings. The summed E-state index contributed by atoms with van der Waals surface area (Å²) in [5.41, 5.74) is 2.41. The smallest absolute Gasteiger partial charge is 0.255 e. The zero-order valence-corrected chi connectivity index (χ0v) is 24.1. The zero-order valence-electron chi connectivity index (χ0n) is 23.3. The fraction of sp³-hybridized carbons (Fsp3) is 0.241. The summed E-state index contributed by atoms with van der Waals surface area (Å²) in [6.45, 7) is 1.30. The number of benzene rings is 2. The first-order chi connectivity index (χ1) is 20.7. The van der Waals surface area contributed by atoms with Crippen LogP contribution in [0.1, 0.15) is 34.5 Å². The van der Waals surface area contributed by atoms with E-state index in [9.17, 15) is 19.1 Å². The highest BCUT2D eigenvalue weighted by atomic mass is 35.5. The maximum atomic E-state index is 14.0. The van der Waals surface area contributed by atoms with Crippen LogP contribution in [0.15, 0.2) is 55.0 Å². The van der Waals surface area contributed by atoms with E-state index >= 15 is 0 Å². The molecule has 2 aromatic heterocycles. The van der Waals surface area contributed by atoms with Gasteiger partial charge >= 0.3 is 0 Å². The van der Waals surface area contributed by atoms with Crippen LogP contribution in [-0.2, 0) is 11.3 Å². The van der Waals surface area contributed by atoms with Crippen LogP contribution in [0.2, 0.25) is 5.02 Å². The van der Waals surface area contributed by atoms with Gasteiger partial charge < -0.3 is 30.1 Å². The lowest BCUT2D eigenvalue weighted by Gasteiger charge is -2.26. The topological polar surface area (TPSA) is 152 Å². The van der Waals surface area contributed by atoms with Crippen LogP contribution in [0.4, 0.5) is 16.2 Å². The molecule has 43 heavy (non-hydrogen) atoms. The van der Waals surface area contributed by atoms with Gasteiger partial charge in [-0.2, -0.15) is 0 Å². The minimum atomic E-state index is -0.905. The van der Waals surface area contributed by atoms with Crippen LogP contribution < -0.4 is 20.1 Å². The van der Waals surface area contributed by atoms with Crippen molar-refractivity contribution < 1.29 is 28.6 Å². The highest BCUT2D eigenvalue weighted by Crippen LogP contribution is 2.33. The number of nitrogens with one attached hydrogen (secondary N) is 2. The van der Waals surface area contributed by atoms with Crippen molar-refractivity contribution in [1.82, 2.24) is 30.2 Å². The lowest BCUT2D eigenvalue weighted by molar-refractivity contribution is -0.126. The van der Waals surface area contributed by atoms with Crippen molar-refractivity contribution >= 4 is 35.2 Å². The molecule has 2 atom stereocenters. The Kier molecular flexibility index (Phi) is 8.64. The molecule has 2 aromatic carbocycles. The number of anilines is 2. The number of carbonyl (C=O) groups excluding carboxylic acids is 2. The normalized spacial score (nSPS) is 13.7. The van der Waals surface area contributed by atoms with Crippen LogP contribution in [0.25, 0.3) is 11.3 Å². The number of hydrogen-bond acceptors (Lipinski definition) is 10. The van der Waals surface area contributed by atoms with Crippen molar-refractivity contribution in [2.75, 3.05) is 26.1 Å². The highest BCUT2D eigenvalue weighted by molar-refractivity contribution is 6.33. The monoisotopic (exact) mass is 607 g/mol. The predicted octanol–water partition coefficient (Wildman–Crippen LogP) is 3.68. The van der Waals surface area contributed by atoms with E-state index in [1.807, 2.05) is 0 Å². The van der Waals surface area contributed by atoms with Crippen molar-refractivity contribution in [2.24, 2.45) is 0 Å². The lowest BCUT2D eigenvalue weighted by Crippen LogP contribution is -2.46. The summed E-state index contributed by atoms with van der Waals surface area (Å²) in [4.78, 5) is 44.8. The zero-order chi connectivity index (χ0) is 30.7. The van der Waals surface area contributed by atoms with Gasteiger partial charge in [-0.25, -0.2) is 24.3 Å². The second kappa shape index (κ2) is 12.5. The van der Waals surface area contributed by atoms with Crippen LogP contribution in [0.3, 0.4) is 0 Å². The number of rotatable bonds is 10. The second-order valence-corrected chi connectivity index (χ2v) is 10.0. The van der Waals surface area contributed by atoms with Gasteiger partial charge in [-0.05, 0) is 36.2 Å². The van der Waals surface area contributed by atoms with Gasteiger partial charge in [0, 0.05) is 29.8 Å². The van der Waals surface area contributed by atoms with Gasteiger partial charge in [-0.1, -0.05) is 23.7 Å². The molecule has 0 bridgehead atoms. The van der Waals surface area contributed by atoms with Gasteiger partial charge in [0.2, 0.25) is 17.7 Å². The van der Waals surface area contributed by atoms with Gasteiger partial charge in [0.15, 0.2) is 0 Å². The molecule has 1 aliphatic rings. The Hall–Kier alpha value is -4.88. The summed E-state index contributed by atoms with van der Waals surface area (Å²) < 4.78 is 24.2. The fourth-order valence-electron chi connectivity index (χ4n) is 4.62. The summed E-state index contributed by atoms with van der Waals surface area (Å²) in [5, 5.41) is 15.9. The Morgan fingerprint density at radius 2 is 1.95 bits per heavy atom. The third-order valence-corrected chi connectivity index (χ3v) is 7.20. The van der Waals surface area contributed by atoms with E-state index in [-0.39, 0.29) is 29.2 Å². The van der Waals surface area contributed by atoms with Gasteiger partial charge in [0.05, 0.1) is 43.8 Å². The van der Waals surface area contributed by atoms with Gasteiger partial charge in [-0.15, -0.1) is 0 Å². The number of aliphatic hydroxyl groups is 1. The molecule has 0 spiro atoms. The standard InChI is InChI=1S/C29H27ClFN7O5/c1-15(27(40)35-23(13-39)18-6-19(31)9-20(7-18)42-2)38-12-17-5-4-16(8-21(17)28(38)41)26-22(30)11-32-29(37-26)36-24-10-25(43-3)34-14-33-24/h4-11,14-15,23,39H,12-13H2,1-3H3,(H,35,40)(H,32,33,34,36,37). The molecule has 3 heterocycles. The molecule has 0 radical (unpaired) electrons. The number of ether oxygens (including phenoxy) is 2. The van der Waals surface area contributed by atoms with Crippen LogP contribution in [-0.4, -0.2) is 68.6 Å². The van der Waals surface area contributed by atoms with E-state index in [4.69, 9.17) is 21.1 Å². The van der Waals surface area contributed by atoms with Crippen LogP contribution in [0.5, 0.6) is 11.6 Å². The average Bonchev–Trinajstić information content (AvgIpc) is 3.35. The number of hydrogen-bond donors (Lipinski definition) is 3. The molecule has 4 aromatic rings. The van der Waals surface area contributed by atoms with E-state index < -0.39 is 30.4 Å². The number of methoxy groups -OCH3 is 2. The minimum absolute atomic E-state index is 0.195. The van der Waals surface area contributed by atoms with Crippen LogP contribution >= 0.6 is 11.6 Å². The third kappa shape index (κ3) is 6.32. The quantitative estimate of drug-likeness (QED) is 0.243. The number of nitrogens with zero attached hydrogens (tertiary/aromatic N) is 5. The van der Waals surface area contributed by atoms with E-state index in [2.05, 4.69) is 30.6 Å². The molecule has 1 aliphatic heterocycles. The molecule has 3 N–H and O–H groups in total. The maximum Gasteiger partial charge on any atom is 0.255 e. The SMILES string of the molecule is COc1cc(F)cc(C(CO)NC(=O)C(C)N2Cc3ccc(-c4nc(Nc5cc(OC)ncn5)ncc4Cl)cc3C2=O)c1. The number of fused-ring (bicyclic) bond motifs is 1. The summed E-state index contributed by atoms with van der Waals surface area (Å²) in [7, 11) is 2.88. The number of halogens is 2. The van der Waals surface area contributed by atoms with Crippen molar-refractivity contribution in [3.8, 4) is 22.9 Å². The first-order valence-electron chi connectivity index (χ1n) is 13.1. The van der Waals surface area contributed by atoms with Crippen molar-refractivity contribution in [3.63, 3.8) is 0 Å². The molecule has 2 amide bonds. The Balaban J connectivity index is 1.33. The molecular formula is C29H27ClFN7O5. The Morgan fingerprint density at radius 1 is 1.14 bits per heavy atom. The van der Waals surface area contributed by atoms with Gasteiger partial charge in [-0.3, -0.25) is 9.59 Å². The molecule has 0 saturated heterocycles. The summed E-state index contributed by atoms with van der Waals surface area (Å²) >= 11 is 6.43. The number of carbonyl (C=O) groups is 2. The Bertz CT molecular complexity index is 1690. The van der Waals surface area contributed by atoms with Crippen molar-refractivity contribution in [2.45, 2.75) is 25.6 Å². The number of amides is 2. The lowest BCUT2D eigenvalue weighted by atomic mass is 10.0. The largest absolute Gasteiger partial charge is 0.497 e. The second-order valence-electron chi connectivity index (χ2n) is 9.61. The molecule has 14 heteroatoms. The van der Waals surface area contributed by atoms with E-state index in [1.54, 1.807) is 31.2 Å². The number of aliphatic hydroxyl groups excluding tert-OH is 1. The molecule has 0 saturated carbocycles. The van der Waals surface area contributed by atoms with Gasteiger partial charge in [0.25, 0.3) is 5.91 Å². The first kappa shape index (κ1) is 29.6. The Morgan fingerprint density at radius 3 is 2.70 bits per heavy atom. The minimum Gasteiger partial charge on any atom is -0.497 e. The van der Waals surface area contributed by atoms with Crippen molar-refractivity contribution in [3.05, 3.63) is 82.5 Å². The maximum absolute atomic E-state index is 14.0. The van der Waals surface area contributed by atoms with Gasteiger partial charge in [0.1, 0.15) is 29.8 Å². The van der Waals surface area contributed by atoms with E-state index in [1.165, 1.54) is 49.8 Å². The fourth-order valence-corrected chi connectivity index (χ4v) is 4.82. The predicted molar refractivity (Wildman–Crippen MR) is 155 cm³/mol. The molecule has 5 rings (SSSR count). The van der Waals surface area contributed by atoms with Crippen molar-refractivity contribution in [1.29, 1.82) is 0 Å². The summed E-state index contributed by atoms with van der Waals surface area (Å²) in [6, 6.07) is 8.94. The van der Waals surface area contributed by atoms with Crippen LogP contribution in [0, 0.1) is 5.82 Å². The Labute approximate surface area is 250 Å². The molecular weight excluding hydrogens is 581 g/mol. The highest BCUT2D eigenvalue weighted by Gasteiger charge is 2.35. The number of aromatic nitrogens is 4. The van der Waals surface area contributed by atoms with E-state index in [0.29, 0.717) is 34.1 Å². The molecule has 222 valence electrons. The molecule has 2 unspecified atom stereocenters.